The molecule has 0 aromatic heterocycles. The molecule has 1 aromatic rings. The number of aliphatic hydroxyl groups is 1. The molecule has 1 aromatic carbocycles. The maximum Gasteiger partial charge on any atom is 0.253 e. The fourth-order valence-corrected chi connectivity index (χ4v) is 1.79. The van der Waals surface area contributed by atoms with Crippen molar-refractivity contribution in [2.75, 3.05) is 18.1 Å². The van der Waals surface area contributed by atoms with Crippen LogP contribution in [0.15, 0.2) is 18.2 Å². The van der Waals surface area contributed by atoms with E-state index in [0.29, 0.717) is 29.8 Å². The van der Waals surface area contributed by atoms with Gasteiger partial charge in [0.15, 0.2) is 0 Å². The van der Waals surface area contributed by atoms with Crippen LogP contribution in [0.25, 0.3) is 0 Å². The van der Waals surface area contributed by atoms with Crippen LogP contribution in [0.5, 0.6) is 0 Å². The summed E-state index contributed by atoms with van der Waals surface area (Å²) in [7, 11) is 0. The lowest BCUT2D eigenvalue weighted by atomic mass is 9.93. The molecule has 0 aliphatic heterocycles. The number of benzene rings is 1. The maximum atomic E-state index is 12.1. The van der Waals surface area contributed by atoms with Crippen LogP contribution in [-0.4, -0.2) is 23.2 Å². The Labute approximate surface area is 107 Å². The molecule has 6 N–H and O–H groups in total. The molecule has 0 unspecified atom stereocenters. The van der Waals surface area contributed by atoms with Crippen molar-refractivity contribution in [2.24, 2.45) is 0 Å². The molecule has 0 spiro atoms. The number of amides is 1. The molecule has 100 valence electrons. The SMILES string of the molecule is CCC(CC)(CO)NC(=O)c1ccc(N)cc1N. The molecule has 5 heteroatoms. The van der Waals surface area contributed by atoms with Gasteiger partial charge in [-0.1, -0.05) is 13.8 Å². The van der Waals surface area contributed by atoms with Crippen LogP contribution in [0.3, 0.4) is 0 Å². The molecule has 5 nitrogen and oxygen atoms in total. The van der Waals surface area contributed by atoms with E-state index in [0.717, 1.165) is 0 Å². The predicted octanol–water partition coefficient (Wildman–Crippen LogP) is 1.13. The minimum Gasteiger partial charge on any atom is -0.399 e. The maximum absolute atomic E-state index is 12.1. The van der Waals surface area contributed by atoms with Crippen LogP contribution >= 0.6 is 0 Å². The van der Waals surface area contributed by atoms with Gasteiger partial charge in [-0.2, -0.15) is 0 Å². The molecule has 0 heterocycles. The van der Waals surface area contributed by atoms with Gasteiger partial charge >= 0.3 is 0 Å². The van der Waals surface area contributed by atoms with Gasteiger partial charge in [-0.15, -0.1) is 0 Å². The van der Waals surface area contributed by atoms with Crippen LogP contribution in [0, 0.1) is 0 Å². The van der Waals surface area contributed by atoms with E-state index in [1.54, 1.807) is 18.2 Å². The second kappa shape index (κ2) is 5.73. The molecule has 0 saturated heterocycles. The number of nitrogen functional groups attached to an aromatic ring is 2. The van der Waals surface area contributed by atoms with E-state index in [-0.39, 0.29) is 12.5 Å². The number of carbonyl (C=O) groups is 1. The minimum absolute atomic E-state index is 0.0966. The monoisotopic (exact) mass is 251 g/mol. The first-order valence-electron chi connectivity index (χ1n) is 6.06. The number of aliphatic hydroxyl groups excluding tert-OH is 1. The molecule has 0 saturated carbocycles. The third-order valence-electron chi connectivity index (χ3n) is 3.36. The van der Waals surface area contributed by atoms with Gasteiger partial charge in [0.2, 0.25) is 0 Å². The standard InChI is InChI=1S/C13H21N3O2/c1-3-13(4-2,8-17)16-12(18)10-6-5-9(14)7-11(10)15/h5-7,17H,3-4,8,14-15H2,1-2H3,(H,16,18). The number of hydrogen-bond acceptors (Lipinski definition) is 4. The summed E-state index contributed by atoms with van der Waals surface area (Å²) in [5, 5.41) is 12.3. The highest BCUT2D eigenvalue weighted by Gasteiger charge is 2.28. The molecule has 0 atom stereocenters. The molecule has 0 bridgehead atoms. The van der Waals surface area contributed by atoms with Gasteiger partial charge < -0.3 is 21.9 Å². The zero-order valence-corrected chi connectivity index (χ0v) is 10.9. The summed E-state index contributed by atoms with van der Waals surface area (Å²) < 4.78 is 0. The van der Waals surface area contributed by atoms with Gasteiger partial charge in [0, 0.05) is 11.4 Å². The lowest BCUT2D eigenvalue weighted by Gasteiger charge is -2.30. The molecule has 0 aliphatic rings. The van der Waals surface area contributed by atoms with Crippen molar-refractivity contribution in [1.29, 1.82) is 0 Å². The van der Waals surface area contributed by atoms with Crippen LogP contribution in [0.2, 0.25) is 0 Å². The Kier molecular flexibility index (Phi) is 4.55. The Morgan fingerprint density at radius 2 is 1.94 bits per heavy atom. The number of hydrogen-bond donors (Lipinski definition) is 4. The largest absolute Gasteiger partial charge is 0.399 e. The van der Waals surface area contributed by atoms with Crippen LogP contribution < -0.4 is 16.8 Å². The van der Waals surface area contributed by atoms with E-state index in [1.165, 1.54) is 0 Å². The summed E-state index contributed by atoms with van der Waals surface area (Å²) in [4.78, 5) is 12.1. The van der Waals surface area contributed by atoms with E-state index < -0.39 is 5.54 Å². The van der Waals surface area contributed by atoms with E-state index in [4.69, 9.17) is 11.5 Å². The number of nitrogens with one attached hydrogen (secondary N) is 1. The zero-order chi connectivity index (χ0) is 13.8. The summed E-state index contributed by atoms with van der Waals surface area (Å²) in [6.45, 7) is 3.75. The summed E-state index contributed by atoms with van der Waals surface area (Å²) in [5.41, 5.74) is 12.0. The lowest BCUT2D eigenvalue weighted by Crippen LogP contribution is -2.50. The van der Waals surface area contributed by atoms with Crippen molar-refractivity contribution in [3.8, 4) is 0 Å². The molecule has 1 rings (SSSR count). The Morgan fingerprint density at radius 1 is 1.33 bits per heavy atom. The second-order valence-corrected chi connectivity index (χ2v) is 4.45. The first-order valence-corrected chi connectivity index (χ1v) is 6.06. The van der Waals surface area contributed by atoms with Gasteiger partial charge in [0.1, 0.15) is 0 Å². The van der Waals surface area contributed by atoms with Crippen LogP contribution in [0.1, 0.15) is 37.0 Å². The topological polar surface area (TPSA) is 101 Å². The lowest BCUT2D eigenvalue weighted by molar-refractivity contribution is 0.0819. The van der Waals surface area contributed by atoms with Gasteiger partial charge in [0.05, 0.1) is 17.7 Å². The fraction of sp³-hybridized carbons (Fsp3) is 0.462. The molecular weight excluding hydrogens is 230 g/mol. The fourth-order valence-electron chi connectivity index (χ4n) is 1.79. The van der Waals surface area contributed by atoms with Crippen LogP contribution in [0.4, 0.5) is 11.4 Å². The van der Waals surface area contributed by atoms with Crippen molar-refractivity contribution in [2.45, 2.75) is 32.2 Å². The van der Waals surface area contributed by atoms with E-state index in [9.17, 15) is 9.90 Å². The highest BCUT2D eigenvalue weighted by atomic mass is 16.3. The number of nitrogens with two attached hydrogens (primary N) is 2. The average molecular weight is 251 g/mol. The van der Waals surface area contributed by atoms with Gasteiger partial charge in [-0.25, -0.2) is 0 Å². The summed E-state index contributed by atoms with van der Waals surface area (Å²) >= 11 is 0. The number of carbonyl (C=O) groups excluding carboxylic acids is 1. The van der Waals surface area contributed by atoms with Gasteiger partial charge in [-0.05, 0) is 31.0 Å². The zero-order valence-electron chi connectivity index (χ0n) is 10.9. The molecular formula is C13H21N3O2. The summed E-state index contributed by atoms with van der Waals surface area (Å²) in [6, 6.07) is 4.77. The normalized spacial score (nSPS) is 11.3. The average Bonchev–Trinajstić information content (AvgIpc) is 2.36. The highest BCUT2D eigenvalue weighted by molar-refractivity contribution is 6.00. The molecule has 0 aliphatic carbocycles. The summed E-state index contributed by atoms with van der Waals surface area (Å²) in [5.74, 6) is -0.287. The van der Waals surface area contributed by atoms with Crippen molar-refractivity contribution in [3.63, 3.8) is 0 Å². The Morgan fingerprint density at radius 3 is 2.39 bits per heavy atom. The van der Waals surface area contributed by atoms with Crippen LogP contribution in [-0.2, 0) is 0 Å². The predicted molar refractivity (Wildman–Crippen MR) is 73.1 cm³/mol. The Balaban J connectivity index is 2.94. The first-order chi connectivity index (χ1) is 8.48. The number of rotatable bonds is 5. The van der Waals surface area contributed by atoms with Gasteiger partial charge in [0.25, 0.3) is 5.91 Å². The second-order valence-electron chi connectivity index (χ2n) is 4.45. The third kappa shape index (κ3) is 2.92. The minimum atomic E-state index is -0.592. The Hall–Kier alpha value is -1.75. The third-order valence-corrected chi connectivity index (χ3v) is 3.36. The van der Waals surface area contributed by atoms with Crippen molar-refractivity contribution >= 4 is 17.3 Å². The first kappa shape index (κ1) is 14.3. The van der Waals surface area contributed by atoms with Crippen molar-refractivity contribution in [1.82, 2.24) is 5.32 Å². The smallest absolute Gasteiger partial charge is 0.253 e. The highest BCUT2D eigenvalue weighted by Crippen LogP contribution is 2.19. The van der Waals surface area contributed by atoms with Crippen molar-refractivity contribution < 1.29 is 9.90 Å². The van der Waals surface area contributed by atoms with Crippen molar-refractivity contribution in [3.05, 3.63) is 23.8 Å². The molecule has 0 fully saturated rings. The van der Waals surface area contributed by atoms with Gasteiger partial charge in [-0.3, -0.25) is 4.79 Å². The summed E-state index contributed by atoms with van der Waals surface area (Å²) in [6.07, 6.45) is 1.31. The van der Waals surface area contributed by atoms with E-state index >= 15 is 0 Å². The molecule has 18 heavy (non-hydrogen) atoms. The molecule has 0 radical (unpaired) electrons. The van der Waals surface area contributed by atoms with E-state index in [2.05, 4.69) is 5.32 Å². The van der Waals surface area contributed by atoms with E-state index in [1.807, 2.05) is 13.8 Å². The quantitative estimate of drug-likeness (QED) is 0.589. The molecule has 1 amide bonds. The number of anilines is 2. The Bertz CT molecular complexity index is 420.